The Morgan fingerprint density at radius 2 is 1.88 bits per heavy atom. The van der Waals surface area contributed by atoms with Crippen molar-refractivity contribution in [3.63, 3.8) is 0 Å². The number of benzene rings is 1. The van der Waals surface area contributed by atoms with Crippen LogP contribution in [0.5, 0.6) is 0 Å². The second-order valence-electron chi connectivity index (χ2n) is 6.30. The molecule has 2 heterocycles. The number of likely N-dealkylation sites (tertiary alicyclic amines) is 1. The van der Waals surface area contributed by atoms with Crippen LogP contribution in [0.2, 0.25) is 0 Å². The summed E-state index contributed by atoms with van der Waals surface area (Å²) in [4.78, 5) is 10.8. The molecule has 3 rings (SSSR count). The Bertz CT molecular complexity index is 647. The number of anilines is 2. The van der Waals surface area contributed by atoms with Crippen molar-refractivity contribution in [1.29, 1.82) is 0 Å². The SMILES string of the molecule is Cc1cc(NC[C@H](c2ccc(F)cc2)N2CCCCC2)nc(N)n1. The molecule has 1 aliphatic rings. The van der Waals surface area contributed by atoms with E-state index in [-0.39, 0.29) is 17.8 Å². The molecular weight excluding hydrogens is 305 g/mol. The monoisotopic (exact) mass is 329 g/mol. The molecule has 1 aromatic carbocycles. The smallest absolute Gasteiger partial charge is 0.222 e. The van der Waals surface area contributed by atoms with Crippen molar-refractivity contribution in [3.8, 4) is 0 Å². The minimum atomic E-state index is -0.205. The second-order valence-corrected chi connectivity index (χ2v) is 6.30. The zero-order valence-electron chi connectivity index (χ0n) is 14.0. The molecule has 128 valence electrons. The highest BCUT2D eigenvalue weighted by atomic mass is 19.1. The van der Waals surface area contributed by atoms with Gasteiger partial charge < -0.3 is 11.1 Å². The fourth-order valence-corrected chi connectivity index (χ4v) is 3.26. The standard InChI is InChI=1S/C18H24FN5/c1-13-11-17(23-18(20)22-13)21-12-16(24-9-3-2-4-10-24)14-5-7-15(19)8-6-14/h5-8,11,16H,2-4,9-10,12H2,1H3,(H3,20,21,22,23)/t16-/m1/s1. The Labute approximate surface area is 142 Å². The predicted octanol–water partition coefficient (Wildman–Crippen LogP) is 3.15. The molecule has 0 unspecified atom stereocenters. The molecule has 0 saturated carbocycles. The molecule has 0 radical (unpaired) electrons. The van der Waals surface area contributed by atoms with Gasteiger partial charge in [0.2, 0.25) is 5.95 Å². The zero-order chi connectivity index (χ0) is 16.9. The van der Waals surface area contributed by atoms with Gasteiger partial charge >= 0.3 is 0 Å². The normalized spacial score (nSPS) is 16.8. The van der Waals surface area contributed by atoms with Crippen LogP contribution in [0.3, 0.4) is 0 Å². The van der Waals surface area contributed by atoms with Gasteiger partial charge in [0.25, 0.3) is 0 Å². The van der Waals surface area contributed by atoms with Gasteiger partial charge in [-0.25, -0.2) is 9.37 Å². The third-order valence-corrected chi connectivity index (χ3v) is 4.43. The van der Waals surface area contributed by atoms with E-state index in [0.29, 0.717) is 6.54 Å². The van der Waals surface area contributed by atoms with Crippen molar-refractivity contribution in [2.24, 2.45) is 0 Å². The summed E-state index contributed by atoms with van der Waals surface area (Å²) >= 11 is 0. The van der Waals surface area contributed by atoms with E-state index in [1.165, 1.54) is 31.4 Å². The van der Waals surface area contributed by atoms with Gasteiger partial charge in [-0.2, -0.15) is 4.98 Å². The Hall–Kier alpha value is -2.21. The van der Waals surface area contributed by atoms with Gasteiger partial charge in [0.15, 0.2) is 0 Å². The maximum Gasteiger partial charge on any atom is 0.222 e. The molecule has 3 N–H and O–H groups in total. The molecule has 1 atom stereocenters. The van der Waals surface area contributed by atoms with Gasteiger partial charge in [0.1, 0.15) is 11.6 Å². The number of nitrogen functional groups attached to an aromatic ring is 1. The molecule has 0 amide bonds. The van der Waals surface area contributed by atoms with Crippen LogP contribution >= 0.6 is 0 Å². The number of hydrogen-bond acceptors (Lipinski definition) is 5. The van der Waals surface area contributed by atoms with E-state index in [0.717, 1.165) is 30.2 Å². The largest absolute Gasteiger partial charge is 0.368 e. The maximum absolute atomic E-state index is 13.3. The number of piperidine rings is 1. The van der Waals surface area contributed by atoms with E-state index in [1.807, 2.05) is 25.1 Å². The molecular formula is C18H24FN5. The lowest BCUT2D eigenvalue weighted by molar-refractivity contribution is 0.170. The lowest BCUT2D eigenvalue weighted by Crippen LogP contribution is -2.37. The second kappa shape index (κ2) is 7.57. The topological polar surface area (TPSA) is 67.1 Å². The Balaban J connectivity index is 1.77. The van der Waals surface area contributed by atoms with E-state index in [4.69, 9.17) is 5.73 Å². The van der Waals surface area contributed by atoms with Crippen molar-refractivity contribution in [1.82, 2.24) is 14.9 Å². The van der Waals surface area contributed by atoms with E-state index in [9.17, 15) is 4.39 Å². The Morgan fingerprint density at radius 3 is 2.54 bits per heavy atom. The molecule has 24 heavy (non-hydrogen) atoms. The number of hydrogen-bond donors (Lipinski definition) is 2. The third kappa shape index (κ3) is 4.20. The minimum Gasteiger partial charge on any atom is -0.368 e. The lowest BCUT2D eigenvalue weighted by atomic mass is 10.0. The summed E-state index contributed by atoms with van der Waals surface area (Å²) < 4.78 is 13.3. The van der Waals surface area contributed by atoms with Gasteiger partial charge in [-0.15, -0.1) is 0 Å². The highest BCUT2D eigenvalue weighted by molar-refractivity contribution is 5.40. The maximum atomic E-state index is 13.3. The Morgan fingerprint density at radius 1 is 1.17 bits per heavy atom. The van der Waals surface area contributed by atoms with Gasteiger partial charge in [0, 0.05) is 18.3 Å². The van der Waals surface area contributed by atoms with E-state index in [2.05, 4.69) is 20.2 Å². The molecule has 0 aliphatic carbocycles. The summed E-state index contributed by atoms with van der Waals surface area (Å²) in [5.74, 6) is 0.793. The first-order valence-electron chi connectivity index (χ1n) is 8.46. The van der Waals surface area contributed by atoms with Gasteiger partial charge in [-0.3, -0.25) is 4.90 Å². The molecule has 0 spiro atoms. The third-order valence-electron chi connectivity index (χ3n) is 4.43. The number of aryl methyl sites for hydroxylation is 1. The first-order valence-corrected chi connectivity index (χ1v) is 8.46. The first kappa shape index (κ1) is 16.6. The van der Waals surface area contributed by atoms with E-state index in [1.54, 1.807) is 0 Å². The highest BCUT2D eigenvalue weighted by Gasteiger charge is 2.22. The van der Waals surface area contributed by atoms with Gasteiger partial charge in [-0.05, 0) is 50.6 Å². The quantitative estimate of drug-likeness (QED) is 0.882. The van der Waals surface area contributed by atoms with Crippen LogP contribution in [0.4, 0.5) is 16.2 Å². The average Bonchev–Trinajstić information content (AvgIpc) is 2.57. The van der Waals surface area contributed by atoms with Crippen LogP contribution in [0.1, 0.15) is 36.6 Å². The molecule has 6 heteroatoms. The van der Waals surface area contributed by atoms with Crippen LogP contribution in [-0.2, 0) is 0 Å². The summed E-state index contributed by atoms with van der Waals surface area (Å²) in [5, 5.41) is 3.37. The van der Waals surface area contributed by atoms with Crippen molar-refractivity contribution < 1.29 is 4.39 Å². The molecule has 1 aromatic heterocycles. The number of aromatic nitrogens is 2. The molecule has 1 aliphatic heterocycles. The van der Waals surface area contributed by atoms with Crippen LogP contribution in [-0.4, -0.2) is 34.5 Å². The number of nitrogens with zero attached hydrogens (tertiary/aromatic N) is 3. The zero-order valence-corrected chi connectivity index (χ0v) is 14.0. The summed E-state index contributed by atoms with van der Waals surface area (Å²) in [5.41, 5.74) is 7.67. The van der Waals surface area contributed by atoms with Crippen LogP contribution < -0.4 is 11.1 Å². The number of rotatable bonds is 5. The van der Waals surface area contributed by atoms with Gasteiger partial charge in [0.05, 0.1) is 6.04 Å². The molecule has 1 fully saturated rings. The van der Waals surface area contributed by atoms with Crippen molar-refractivity contribution in [2.45, 2.75) is 32.2 Å². The summed E-state index contributed by atoms with van der Waals surface area (Å²) in [6, 6.07) is 8.86. The minimum absolute atomic E-state index is 0.183. The number of nitrogens with one attached hydrogen (secondary N) is 1. The van der Waals surface area contributed by atoms with Gasteiger partial charge in [-0.1, -0.05) is 18.6 Å². The summed E-state index contributed by atoms with van der Waals surface area (Å²) in [6.07, 6.45) is 3.69. The summed E-state index contributed by atoms with van der Waals surface area (Å²) in [6.45, 7) is 4.72. The number of nitrogens with two attached hydrogens (primary N) is 1. The summed E-state index contributed by atoms with van der Waals surface area (Å²) in [7, 11) is 0. The average molecular weight is 329 g/mol. The van der Waals surface area contributed by atoms with Crippen LogP contribution in [0, 0.1) is 12.7 Å². The fourth-order valence-electron chi connectivity index (χ4n) is 3.26. The van der Waals surface area contributed by atoms with Crippen molar-refractivity contribution in [3.05, 3.63) is 47.4 Å². The first-order chi connectivity index (χ1) is 11.6. The molecule has 5 nitrogen and oxygen atoms in total. The molecule has 1 saturated heterocycles. The van der Waals surface area contributed by atoms with Crippen molar-refractivity contribution in [2.75, 3.05) is 30.7 Å². The predicted molar refractivity (Wildman–Crippen MR) is 94.2 cm³/mol. The van der Waals surface area contributed by atoms with Crippen LogP contribution in [0.25, 0.3) is 0 Å². The van der Waals surface area contributed by atoms with E-state index >= 15 is 0 Å². The molecule has 0 bridgehead atoms. The van der Waals surface area contributed by atoms with Crippen molar-refractivity contribution >= 4 is 11.8 Å². The Kier molecular flexibility index (Phi) is 5.25. The molecule has 2 aromatic rings. The lowest BCUT2D eigenvalue weighted by Gasteiger charge is -2.35. The fraction of sp³-hybridized carbons (Fsp3) is 0.444. The van der Waals surface area contributed by atoms with E-state index < -0.39 is 0 Å². The highest BCUT2D eigenvalue weighted by Crippen LogP contribution is 2.25. The number of halogens is 1. The van der Waals surface area contributed by atoms with Crippen LogP contribution in [0.15, 0.2) is 30.3 Å².